The number of amides is 1. The van der Waals surface area contributed by atoms with E-state index in [0.29, 0.717) is 0 Å². The Morgan fingerprint density at radius 1 is 1.57 bits per heavy atom. The van der Waals surface area contributed by atoms with Gasteiger partial charge >= 0.3 is 0 Å². The van der Waals surface area contributed by atoms with Crippen LogP contribution in [0.25, 0.3) is 0 Å². The molecule has 1 aliphatic rings. The average molecular weight is 332 g/mol. The van der Waals surface area contributed by atoms with E-state index in [-0.39, 0.29) is 5.95 Å². The van der Waals surface area contributed by atoms with E-state index in [1.807, 2.05) is 5.32 Å². The molecule has 3 unspecified atom stereocenters. The van der Waals surface area contributed by atoms with Crippen molar-refractivity contribution in [1.82, 2.24) is 9.97 Å². The van der Waals surface area contributed by atoms with E-state index in [1.54, 1.807) is 20.8 Å². The zero-order valence-electron chi connectivity index (χ0n) is 24.0. The van der Waals surface area contributed by atoms with Gasteiger partial charge in [-0.05, 0) is 45.8 Å². The van der Waals surface area contributed by atoms with Gasteiger partial charge in [-0.3, -0.25) is 4.79 Å². The molecule has 1 aromatic rings. The molecule has 1 amide bonds. The number of carbonyl (C=O) groups excluding carboxylic acids is 1. The van der Waals surface area contributed by atoms with Crippen LogP contribution in [0.15, 0.2) is 6.20 Å². The predicted octanol–water partition coefficient (Wildman–Crippen LogP) is 1.75. The molecule has 0 saturated heterocycles. The van der Waals surface area contributed by atoms with E-state index in [4.69, 9.17) is 20.8 Å². The van der Waals surface area contributed by atoms with Crippen LogP contribution >= 0.6 is 0 Å². The summed E-state index contributed by atoms with van der Waals surface area (Å²) in [6.07, 6.45) is -14.0. The zero-order chi connectivity index (χ0) is 26.9. The van der Waals surface area contributed by atoms with E-state index >= 15 is 0 Å². The first kappa shape index (κ1) is 7.79. The Bertz CT molecular complexity index is 947. The fourth-order valence-corrected chi connectivity index (χ4v) is 1.68. The Hall–Kier alpha value is -1.89. The summed E-state index contributed by atoms with van der Waals surface area (Å²) in [7, 11) is 0. The van der Waals surface area contributed by atoms with Crippen molar-refractivity contribution < 1.29 is 25.0 Å². The number of carbonyl (C=O) groups is 1. The maximum absolute atomic E-state index is 11.9. The second-order valence-electron chi connectivity index (χ2n) is 5.91. The summed E-state index contributed by atoms with van der Waals surface area (Å²) in [5, 5.41) is 15.6. The molecule has 7 nitrogen and oxygen atoms in total. The third-order valence-electron chi connectivity index (χ3n) is 2.65. The molecule has 0 aromatic carbocycles. The lowest BCUT2D eigenvalue weighted by Crippen LogP contribution is -2.36. The fourth-order valence-electron chi connectivity index (χ4n) is 1.68. The van der Waals surface area contributed by atoms with Gasteiger partial charge in [0.2, 0.25) is 5.95 Å². The molecule has 1 heterocycles. The molecule has 23 heavy (non-hydrogen) atoms. The summed E-state index contributed by atoms with van der Waals surface area (Å²) >= 11 is 0. The predicted molar refractivity (Wildman–Crippen MR) is 90.4 cm³/mol. The molecule has 0 aliphatic heterocycles. The zero-order valence-corrected chi connectivity index (χ0v) is 13.0. The van der Waals surface area contributed by atoms with E-state index < -0.39 is 66.8 Å². The topological polar surface area (TPSA) is 113 Å². The van der Waals surface area contributed by atoms with Gasteiger partial charge in [-0.2, -0.15) is 4.98 Å². The first-order valence-corrected chi connectivity index (χ1v) is 6.80. The van der Waals surface area contributed by atoms with E-state index in [0.717, 1.165) is 6.20 Å². The second-order valence-corrected chi connectivity index (χ2v) is 5.91. The maximum Gasteiger partial charge on any atom is 0.254 e. The number of aromatic nitrogens is 2. The number of primary amides is 1. The molecule has 1 aliphatic carbocycles. The van der Waals surface area contributed by atoms with Gasteiger partial charge in [0, 0.05) is 30.1 Å². The third kappa shape index (κ3) is 4.79. The van der Waals surface area contributed by atoms with Crippen molar-refractivity contribution in [3.8, 4) is 0 Å². The minimum atomic E-state index is -3.82. The lowest BCUT2D eigenvalue weighted by molar-refractivity contribution is 0.0739. The van der Waals surface area contributed by atoms with Gasteiger partial charge < -0.3 is 21.5 Å². The Kier molecular flexibility index (Phi) is 2.27. The fraction of sp³-hybridized carbons (Fsp3) is 0.688. The van der Waals surface area contributed by atoms with Crippen LogP contribution in [0.2, 0.25) is 0 Å². The maximum atomic E-state index is 11.9. The molecule has 5 N–H and O–H groups in total. The first-order chi connectivity index (χ1) is 14.8. The number of nitrogens with one attached hydrogen (secondary N) is 2. The number of nitrogens with zero attached hydrogens (tertiary/aromatic N) is 2. The minimum absolute atomic E-state index is 0.148. The highest BCUT2D eigenvalue weighted by molar-refractivity contribution is 5.97. The van der Waals surface area contributed by atoms with Gasteiger partial charge in [-0.15, -0.1) is 0 Å². The van der Waals surface area contributed by atoms with Crippen molar-refractivity contribution >= 4 is 17.7 Å². The monoisotopic (exact) mass is 332 g/mol. The smallest absolute Gasteiger partial charge is 0.254 e. The van der Waals surface area contributed by atoms with E-state index in [2.05, 4.69) is 15.3 Å². The van der Waals surface area contributed by atoms with Crippen molar-refractivity contribution in [2.75, 3.05) is 10.6 Å². The summed E-state index contributed by atoms with van der Waals surface area (Å²) < 4.78 is 89.1. The van der Waals surface area contributed by atoms with Crippen molar-refractivity contribution in [3.05, 3.63) is 11.8 Å². The Morgan fingerprint density at radius 2 is 2.30 bits per heavy atom. The van der Waals surface area contributed by atoms with Crippen molar-refractivity contribution in [2.24, 2.45) is 11.7 Å². The molecule has 128 valence electrons. The highest BCUT2D eigenvalue weighted by Gasteiger charge is 2.27. The SMILES string of the molecule is [2H]C([2H])([2H])C1C([2H])([2H])C([2H])([2H])C([2H])(Nc2nc(NC(C)(C)C)ncc2C(N)=O)C([2H])([2H])C1([2H])O. The first-order valence-electron chi connectivity index (χ1n) is 12.3. The number of nitrogens with two attached hydrogens (primary N) is 1. The van der Waals surface area contributed by atoms with Gasteiger partial charge in [0.1, 0.15) is 5.82 Å². The van der Waals surface area contributed by atoms with Crippen molar-refractivity contribution in [2.45, 2.75) is 64.4 Å². The van der Waals surface area contributed by atoms with Crippen LogP contribution in [0, 0.1) is 5.92 Å². The largest absolute Gasteiger partial charge is 0.393 e. The van der Waals surface area contributed by atoms with E-state index in [9.17, 15) is 9.90 Å². The van der Waals surface area contributed by atoms with Crippen LogP contribution in [-0.2, 0) is 0 Å². The number of rotatable bonds is 4. The van der Waals surface area contributed by atoms with Crippen LogP contribution in [-0.4, -0.2) is 38.6 Å². The molecule has 0 bridgehead atoms. The van der Waals surface area contributed by atoms with Crippen LogP contribution < -0.4 is 16.4 Å². The molecule has 0 spiro atoms. The van der Waals surface area contributed by atoms with E-state index in [1.165, 1.54) is 0 Å². The van der Waals surface area contributed by atoms with Gasteiger partial charge in [0.05, 0.1) is 14.4 Å². The molecule has 7 heteroatoms. The summed E-state index contributed by atoms with van der Waals surface area (Å²) in [6, 6.07) is -3.58. The molecule has 3 atom stereocenters. The Balaban J connectivity index is 2.80. The molecule has 2 rings (SSSR count). The summed E-state index contributed by atoms with van der Waals surface area (Å²) in [5.74, 6) is -4.87. The van der Waals surface area contributed by atoms with Crippen LogP contribution in [0.4, 0.5) is 11.8 Å². The van der Waals surface area contributed by atoms with Gasteiger partial charge in [0.25, 0.3) is 5.91 Å². The lowest BCUT2D eigenvalue weighted by atomic mass is 9.85. The third-order valence-corrected chi connectivity index (χ3v) is 2.65. The Labute approximate surface area is 152 Å². The van der Waals surface area contributed by atoms with Crippen LogP contribution in [0.3, 0.4) is 0 Å². The van der Waals surface area contributed by atoms with Crippen LogP contribution in [0.1, 0.15) is 72.2 Å². The minimum Gasteiger partial charge on any atom is -0.393 e. The lowest BCUT2D eigenvalue weighted by Gasteiger charge is -2.32. The summed E-state index contributed by atoms with van der Waals surface area (Å²) in [5.41, 5.74) is 4.17. The molecule has 0 radical (unpaired) electrons. The van der Waals surface area contributed by atoms with Gasteiger partial charge in [-0.25, -0.2) is 4.98 Å². The molecule has 1 aromatic heterocycles. The van der Waals surface area contributed by atoms with Crippen molar-refractivity contribution in [3.63, 3.8) is 0 Å². The van der Waals surface area contributed by atoms with Gasteiger partial charge in [-0.1, -0.05) is 6.85 Å². The number of anilines is 2. The van der Waals surface area contributed by atoms with Crippen LogP contribution in [0.5, 0.6) is 0 Å². The average Bonchev–Trinajstić information content (AvgIpc) is 2.56. The number of aliphatic hydroxyl groups is 1. The van der Waals surface area contributed by atoms with Gasteiger partial charge in [0.15, 0.2) is 0 Å². The molecule has 1 fully saturated rings. The molecular weight excluding hydrogens is 294 g/mol. The Morgan fingerprint density at radius 3 is 2.91 bits per heavy atom. The highest BCUT2D eigenvalue weighted by atomic mass is 16.3. The second kappa shape index (κ2) is 6.70. The molecular formula is C16H27N5O2. The standard InChI is InChI=1S/C16H27N5O2/c1-9-5-6-10(7-12(9)22)19-14-11(13(17)23)8-18-15(20-14)21-16(2,3)4/h8-10,12,22H,5-7H2,1-4H3,(H2,17,23)(H2,18,19,20,21)/i1D3,5D2,6D2,7D2,10D,12D. The highest BCUT2D eigenvalue weighted by Crippen LogP contribution is 2.27. The normalized spacial score (nSPS) is 45.6. The number of hydrogen-bond donors (Lipinski definition) is 4. The molecule has 1 saturated carbocycles. The van der Waals surface area contributed by atoms with Crippen molar-refractivity contribution in [1.29, 1.82) is 0 Å². The quantitative estimate of drug-likeness (QED) is 0.668. The summed E-state index contributed by atoms with van der Waals surface area (Å²) in [4.78, 5) is 19.8. The number of hydrogen-bond acceptors (Lipinski definition) is 6. The summed E-state index contributed by atoms with van der Waals surface area (Å²) in [6.45, 7) is 1.69.